The van der Waals surface area contributed by atoms with Gasteiger partial charge in [-0.25, -0.2) is 4.79 Å². The standard InChI is InChI=1S/C16H28N4O3.ClH/c1-11(2)12(17)6-9-19(3)13(21)10-20-14(22)16(18-15(20)23)7-4-5-8-16;/h11-12H,4-10,17H2,1-3H3,(H,18,23);1H. The Morgan fingerprint density at radius 1 is 1.33 bits per heavy atom. The number of halogens is 1. The molecular weight excluding hydrogens is 332 g/mol. The molecule has 0 radical (unpaired) electrons. The highest BCUT2D eigenvalue weighted by atomic mass is 35.5. The maximum Gasteiger partial charge on any atom is 0.325 e. The highest BCUT2D eigenvalue weighted by Gasteiger charge is 2.52. The van der Waals surface area contributed by atoms with Gasteiger partial charge in [-0.1, -0.05) is 26.7 Å². The second-order valence-corrected chi connectivity index (χ2v) is 7.12. The fourth-order valence-corrected chi connectivity index (χ4v) is 3.19. The van der Waals surface area contributed by atoms with Crippen LogP contribution >= 0.6 is 12.4 Å². The number of amides is 4. The number of nitrogens with one attached hydrogen (secondary N) is 1. The van der Waals surface area contributed by atoms with E-state index in [-0.39, 0.29) is 36.8 Å². The van der Waals surface area contributed by atoms with E-state index in [1.165, 1.54) is 0 Å². The van der Waals surface area contributed by atoms with Crippen molar-refractivity contribution in [3.05, 3.63) is 0 Å². The molecule has 4 amide bonds. The molecule has 1 saturated heterocycles. The van der Waals surface area contributed by atoms with Crippen molar-refractivity contribution in [1.29, 1.82) is 0 Å². The molecule has 0 aromatic heterocycles. The monoisotopic (exact) mass is 360 g/mol. The van der Waals surface area contributed by atoms with Crippen molar-refractivity contribution >= 4 is 30.3 Å². The smallest absolute Gasteiger partial charge is 0.325 e. The summed E-state index contributed by atoms with van der Waals surface area (Å²) in [5.41, 5.74) is 5.23. The molecule has 24 heavy (non-hydrogen) atoms. The second-order valence-electron chi connectivity index (χ2n) is 7.12. The van der Waals surface area contributed by atoms with Crippen molar-refractivity contribution in [1.82, 2.24) is 15.1 Å². The Morgan fingerprint density at radius 2 is 1.92 bits per heavy atom. The van der Waals surface area contributed by atoms with E-state index in [9.17, 15) is 14.4 Å². The van der Waals surface area contributed by atoms with E-state index >= 15 is 0 Å². The molecule has 1 spiro atoms. The van der Waals surface area contributed by atoms with Crippen LogP contribution in [0.4, 0.5) is 4.79 Å². The zero-order chi connectivity index (χ0) is 17.2. The van der Waals surface area contributed by atoms with Gasteiger partial charge in [-0.15, -0.1) is 12.4 Å². The highest BCUT2D eigenvalue weighted by Crippen LogP contribution is 2.34. The van der Waals surface area contributed by atoms with Crippen LogP contribution in [0.25, 0.3) is 0 Å². The summed E-state index contributed by atoms with van der Waals surface area (Å²) in [7, 11) is 1.68. The van der Waals surface area contributed by atoms with Crippen LogP contribution in [0.1, 0.15) is 46.0 Å². The quantitative estimate of drug-likeness (QED) is 0.693. The lowest BCUT2D eigenvalue weighted by Gasteiger charge is -2.24. The van der Waals surface area contributed by atoms with Gasteiger partial charge in [0.2, 0.25) is 5.91 Å². The van der Waals surface area contributed by atoms with Gasteiger partial charge in [0.1, 0.15) is 12.1 Å². The van der Waals surface area contributed by atoms with Crippen LogP contribution in [-0.4, -0.2) is 59.4 Å². The number of urea groups is 1. The molecule has 2 aliphatic rings. The molecule has 2 fully saturated rings. The van der Waals surface area contributed by atoms with Gasteiger partial charge in [-0.05, 0) is 25.2 Å². The first kappa shape index (κ1) is 20.7. The number of carbonyl (C=O) groups excluding carboxylic acids is 3. The third-order valence-corrected chi connectivity index (χ3v) is 5.08. The van der Waals surface area contributed by atoms with Gasteiger partial charge in [0, 0.05) is 19.6 Å². The van der Waals surface area contributed by atoms with Crippen molar-refractivity contribution in [2.75, 3.05) is 20.1 Å². The first-order valence-electron chi connectivity index (χ1n) is 8.40. The van der Waals surface area contributed by atoms with Crippen molar-refractivity contribution in [3.63, 3.8) is 0 Å². The summed E-state index contributed by atoms with van der Waals surface area (Å²) in [6.45, 7) is 4.41. The van der Waals surface area contributed by atoms with Gasteiger partial charge in [0.05, 0.1) is 0 Å². The predicted octanol–water partition coefficient (Wildman–Crippen LogP) is 1.10. The summed E-state index contributed by atoms with van der Waals surface area (Å²) < 4.78 is 0. The zero-order valence-corrected chi connectivity index (χ0v) is 15.5. The fraction of sp³-hybridized carbons (Fsp3) is 0.812. The van der Waals surface area contributed by atoms with E-state index in [1.807, 2.05) is 13.8 Å². The van der Waals surface area contributed by atoms with E-state index in [4.69, 9.17) is 5.73 Å². The Kier molecular flexibility index (Phi) is 7.04. The SMILES string of the molecule is CC(C)C(N)CCN(C)C(=O)CN1C(=O)NC2(CCCC2)C1=O.Cl. The fourth-order valence-electron chi connectivity index (χ4n) is 3.19. The number of hydrogen-bond acceptors (Lipinski definition) is 4. The molecule has 1 unspecified atom stereocenters. The van der Waals surface area contributed by atoms with Gasteiger partial charge in [-0.2, -0.15) is 0 Å². The largest absolute Gasteiger partial charge is 0.344 e. The van der Waals surface area contributed by atoms with Crippen molar-refractivity contribution in [3.8, 4) is 0 Å². The predicted molar refractivity (Wildman–Crippen MR) is 93.8 cm³/mol. The summed E-state index contributed by atoms with van der Waals surface area (Å²) >= 11 is 0. The van der Waals surface area contributed by atoms with Gasteiger partial charge < -0.3 is 16.0 Å². The molecule has 0 aromatic carbocycles. The zero-order valence-electron chi connectivity index (χ0n) is 14.7. The molecule has 2 rings (SSSR count). The molecular formula is C16H29ClN4O3. The Balaban J connectivity index is 0.00000288. The number of nitrogens with two attached hydrogens (primary N) is 1. The Labute approximate surface area is 149 Å². The number of likely N-dealkylation sites (N-methyl/N-ethyl adjacent to an activating group) is 1. The molecule has 8 heteroatoms. The lowest BCUT2D eigenvalue weighted by Crippen LogP contribution is -2.46. The van der Waals surface area contributed by atoms with E-state index in [0.29, 0.717) is 31.7 Å². The minimum absolute atomic E-state index is 0. The molecule has 0 bridgehead atoms. The average molecular weight is 361 g/mol. The van der Waals surface area contributed by atoms with E-state index < -0.39 is 11.6 Å². The minimum Gasteiger partial charge on any atom is -0.344 e. The van der Waals surface area contributed by atoms with Crippen LogP contribution < -0.4 is 11.1 Å². The number of rotatable bonds is 6. The minimum atomic E-state index is -0.754. The number of carbonyl (C=O) groups is 3. The van der Waals surface area contributed by atoms with Gasteiger partial charge >= 0.3 is 6.03 Å². The van der Waals surface area contributed by atoms with Gasteiger partial charge in [-0.3, -0.25) is 14.5 Å². The summed E-state index contributed by atoms with van der Waals surface area (Å²) in [4.78, 5) is 39.5. The lowest BCUT2D eigenvalue weighted by molar-refractivity contribution is -0.138. The first-order valence-corrected chi connectivity index (χ1v) is 8.40. The van der Waals surface area contributed by atoms with Crippen LogP contribution in [0.3, 0.4) is 0 Å². The average Bonchev–Trinajstić information content (AvgIpc) is 3.05. The summed E-state index contributed by atoms with van der Waals surface area (Å²) in [6, 6.07) is -0.416. The Hall–Kier alpha value is -1.34. The second kappa shape index (κ2) is 8.16. The lowest BCUT2D eigenvalue weighted by atomic mass is 9.98. The highest BCUT2D eigenvalue weighted by molar-refractivity contribution is 6.09. The normalized spacial score (nSPS) is 20.3. The number of hydrogen-bond donors (Lipinski definition) is 2. The van der Waals surface area contributed by atoms with Crippen molar-refractivity contribution in [2.24, 2.45) is 11.7 Å². The summed E-state index contributed by atoms with van der Waals surface area (Å²) in [5.74, 6) is -0.133. The molecule has 138 valence electrons. The third-order valence-electron chi connectivity index (χ3n) is 5.08. The Bertz CT molecular complexity index is 492. The summed E-state index contributed by atoms with van der Waals surface area (Å²) in [5, 5.41) is 2.79. The van der Waals surface area contributed by atoms with Crippen LogP contribution in [0.5, 0.6) is 0 Å². The van der Waals surface area contributed by atoms with Crippen LogP contribution in [0.15, 0.2) is 0 Å². The topological polar surface area (TPSA) is 95.7 Å². The van der Waals surface area contributed by atoms with Crippen LogP contribution in [0, 0.1) is 5.92 Å². The first-order chi connectivity index (χ1) is 10.8. The maximum atomic E-state index is 12.5. The van der Waals surface area contributed by atoms with E-state index in [0.717, 1.165) is 17.7 Å². The molecule has 3 N–H and O–H groups in total. The Morgan fingerprint density at radius 3 is 2.46 bits per heavy atom. The molecule has 1 saturated carbocycles. The molecule has 1 aliphatic heterocycles. The molecule has 1 atom stereocenters. The number of nitrogens with zero attached hydrogens (tertiary/aromatic N) is 2. The molecule has 1 aliphatic carbocycles. The molecule has 1 heterocycles. The molecule has 0 aromatic rings. The van der Waals surface area contributed by atoms with Crippen molar-refractivity contribution in [2.45, 2.75) is 57.5 Å². The van der Waals surface area contributed by atoms with Crippen molar-refractivity contribution < 1.29 is 14.4 Å². The van der Waals surface area contributed by atoms with Crippen LogP contribution in [-0.2, 0) is 9.59 Å². The van der Waals surface area contributed by atoms with E-state index in [2.05, 4.69) is 5.32 Å². The third kappa shape index (κ3) is 4.19. The van der Waals surface area contributed by atoms with E-state index in [1.54, 1.807) is 11.9 Å². The van der Waals surface area contributed by atoms with Gasteiger partial charge in [0.15, 0.2) is 0 Å². The maximum absolute atomic E-state index is 12.5. The van der Waals surface area contributed by atoms with Gasteiger partial charge in [0.25, 0.3) is 5.91 Å². The van der Waals surface area contributed by atoms with Crippen LogP contribution in [0.2, 0.25) is 0 Å². The summed E-state index contributed by atoms with van der Waals surface area (Å²) in [6.07, 6.45) is 3.90. The molecule has 7 nitrogen and oxygen atoms in total. The number of imide groups is 1.